The molecule has 2 aromatic rings. The van der Waals surface area contributed by atoms with E-state index in [0.717, 1.165) is 30.3 Å². The predicted octanol–water partition coefficient (Wildman–Crippen LogP) is 4.44. The average Bonchev–Trinajstić information content (AvgIpc) is 2.49. The quantitative estimate of drug-likeness (QED) is 0.791. The Kier molecular flexibility index (Phi) is 5.01. The summed E-state index contributed by atoms with van der Waals surface area (Å²) in [4.78, 5) is 11.6. The third-order valence-electron chi connectivity index (χ3n) is 3.00. The summed E-state index contributed by atoms with van der Waals surface area (Å²) in [5, 5.41) is 3.98. The van der Waals surface area contributed by atoms with E-state index < -0.39 is 47.5 Å². The van der Waals surface area contributed by atoms with Gasteiger partial charge >= 0.3 is 12.2 Å². The van der Waals surface area contributed by atoms with Gasteiger partial charge in [0.05, 0.1) is 11.3 Å². The third kappa shape index (κ3) is 4.18. The van der Waals surface area contributed by atoms with Gasteiger partial charge in [-0.2, -0.15) is 13.2 Å². The van der Waals surface area contributed by atoms with Gasteiger partial charge in [0.2, 0.25) is 0 Å². The van der Waals surface area contributed by atoms with Crippen molar-refractivity contribution in [1.82, 2.24) is 5.32 Å². The van der Waals surface area contributed by atoms with E-state index in [1.54, 1.807) is 0 Å². The van der Waals surface area contributed by atoms with Crippen LogP contribution >= 0.6 is 0 Å². The molecule has 2 amide bonds. The Morgan fingerprint density at radius 1 is 1.04 bits per heavy atom. The van der Waals surface area contributed by atoms with E-state index in [1.807, 2.05) is 5.32 Å². The summed E-state index contributed by atoms with van der Waals surface area (Å²) < 4.78 is 77.8. The number of urea groups is 1. The summed E-state index contributed by atoms with van der Waals surface area (Å²) in [5.74, 6) is -3.14. The maximum absolute atomic E-state index is 13.7. The van der Waals surface area contributed by atoms with Gasteiger partial charge in [0.1, 0.15) is 11.6 Å². The molecule has 128 valence electrons. The van der Waals surface area contributed by atoms with Crippen molar-refractivity contribution in [3.8, 4) is 0 Å². The summed E-state index contributed by atoms with van der Waals surface area (Å²) in [6.07, 6.45) is -4.91. The van der Waals surface area contributed by atoms with Gasteiger partial charge in [0, 0.05) is 12.1 Å². The minimum absolute atomic E-state index is 0.172. The molecule has 0 saturated heterocycles. The molecule has 0 aliphatic heterocycles. The van der Waals surface area contributed by atoms with Gasteiger partial charge in [-0.3, -0.25) is 0 Å². The zero-order valence-electron chi connectivity index (χ0n) is 11.8. The second-order valence-electron chi connectivity index (χ2n) is 4.71. The molecular formula is C15H10F6N2O. The first-order valence-corrected chi connectivity index (χ1v) is 6.53. The molecule has 0 saturated carbocycles. The fourth-order valence-electron chi connectivity index (χ4n) is 1.87. The summed E-state index contributed by atoms with van der Waals surface area (Å²) in [6.45, 7) is -0.435. The molecule has 0 heterocycles. The zero-order chi connectivity index (χ0) is 17.9. The molecule has 0 aliphatic rings. The molecule has 0 bridgehead atoms. The minimum atomic E-state index is -4.91. The highest BCUT2D eigenvalue weighted by molar-refractivity contribution is 5.89. The Bertz CT molecular complexity index is 760. The van der Waals surface area contributed by atoms with Crippen LogP contribution in [0.5, 0.6) is 0 Å². The van der Waals surface area contributed by atoms with Crippen LogP contribution in [-0.2, 0) is 12.7 Å². The number of anilines is 1. The molecule has 0 fully saturated rings. The second-order valence-corrected chi connectivity index (χ2v) is 4.71. The number of carbonyl (C=O) groups is 1. The van der Waals surface area contributed by atoms with Crippen molar-refractivity contribution >= 4 is 11.7 Å². The van der Waals surface area contributed by atoms with Crippen LogP contribution in [0.2, 0.25) is 0 Å². The summed E-state index contributed by atoms with van der Waals surface area (Å²) in [7, 11) is 0. The Hall–Kier alpha value is -2.71. The molecular weight excluding hydrogens is 338 g/mol. The van der Waals surface area contributed by atoms with Crippen molar-refractivity contribution in [3.63, 3.8) is 0 Å². The van der Waals surface area contributed by atoms with Crippen molar-refractivity contribution in [1.29, 1.82) is 0 Å². The number of hydrogen-bond acceptors (Lipinski definition) is 1. The summed E-state index contributed by atoms with van der Waals surface area (Å²) in [5.41, 5.74) is -2.40. The van der Waals surface area contributed by atoms with E-state index in [-0.39, 0.29) is 5.56 Å². The van der Waals surface area contributed by atoms with Crippen molar-refractivity contribution < 1.29 is 31.1 Å². The third-order valence-corrected chi connectivity index (χ3v) is 3.00. The highest BCUT2D eigenvalue weighted by Crippen LogP contribution is 2.33. The Morgan fingerprint density at radius 3 is 2.42 bits per heavy atom. The lowest BCUT2D eigenvalue weighted by Crippen LogP contribution is -2.29. The SMILES string of the molecule is O=C(NCc1cc(F)ccc1F)Nc1cccc(C(F)(F)F)c1F. The van der Waals surface area contributed by atoms with Gasteiger partial charge in [-0.15, -0.1) is 0 Å². The van der Waals surface area contributed by atoms with E-state index >= 15 is 0 Å². The Balaban J connectivity index is 2.07. The van der Waals surface area contributed by atoms with Crippen LogP contribution in [0.25, 0.3) is 0 Å². The van der Waals surface area contributed by atoms with Crippen molar-refractivity contribution in [2.45, 2.75) is 12.7 Å². The van der Waals surface area contributed by atoms with E-state index in [4.69, 9.17) is 0 Å². The molecule has 0 aromatic heterocycles. The molecule has 9 heteroatoms. The molecule has 0 atom stereocenters. The van der Waals surface area contributed by atoms with Gasteiger partial charge in [-0.05, 0) is 30.3 Å². The molecule has 0 spiro atoms. The van der Waals surface area contributed by atoms with Crippen molar-refractivity contribution in [3.05, 3.63) is 65.0 Å². The topological polar surface area (TPSA) is 41.1 Å². The lowest BCUT2D eigenvalue weighted by molar-refractivity contribution is -0.139. The molecule has 24 heavy (non-hydrogen) atoms. The van der Waals surface area contributed by atoms with Crippen molar-refractivity contribution in [2.75, 3.05) is 5.32 Å². The predicted molar refractivity (Wildman–Crippen MR) is 73.6 cm³/mol. The van der Waals surface area contributed by atoms with Crippen LogP contribution in [0.15, 0.2) is 36.4 Å². The summed E-state index contributed by atoms with van der Waals surface area (Å²) >= 11 is 0. The second kappa shape index (κ2) is 6.81. The molecule has 0 aliphatic carbocycles. The maximum Gasteiger partial charge on any atom is 0.419 e. The number of hydrogen-bond donors (Lipinski definition) is 2. The lowest BCUT2D eigenvalue weighted by Gasteiger charge is -2.13. The average molecular weight is 348 g/mol. The fourth-order valence-corrected chi connectivity index (χ4v) is 1.87. The number of benzene rings is 2. The molecule has 2 aromatic carbocycles. The largest absolute Gasteiger partial charge is 0.419 e. The van der Waals surface area contributed by atoms with Crippen LogP contribution in [-0.4, -0.2) is 6.03 Å². The number of alkyl halides is 3. The maximum atomic E-state index is 13.7. The van der Waals surface area contributed by atoms with Gasteiger partial charge in [0.25, 0.3) is 0 Å². The Morgan fingerprint density at radius 2 is 1.75 bits per heavy atom. The van der Waals surface area contributed by atoms with Crippen LogP contribution < -0.4 is 10.6 Å². The molecule has 0 unspecified atom stereocenters. The molecule has 3 nitrogen and oxygen atoms in total. The van der Waals surface area contributed by atoms with Gasteiger partial charge in [-0.25, -0.2) is 18.0 Å². The van der Waals surface area contributed by atoms with Crippen molar-refractivity contribution in [2.24, 2.45) is 0 Å². The number of rotatable bonds is 3. The Labute approximate surface area is 132 Å². The highest BCUT2D eigenvalue weighted by atomic mass is 19.4. The van der Waals surface area contributed by atoms with Crippen LogP contribution in [0.4, 0.5) is 36.8 Å². The first-order chi connectivity index (χ1) is 11.2. The van der Waals surface area contributed by atoms with Gasteiger partial charge < -0.3 is 10.6 Å². The van der Waals surface area contributed by atoms with Crippen LogP contribution in [0, 0.1) is 17.5 Å². The minimum Gasteiger partial charge on any atom is -0.334 e. The van der Waals surface area contributed by atoms with Gasteiger partial charge in [0.15, 0.2) is 5.82 Å². The highest BCUT2D eigenvalue weighted by Gasteiger charge is 2.35. The molecule has 0 radical (unpaired) electrons. The monoisotopic (exact) mass is 348 g/mol. The van der Waals surface area contributed by atoms with Crippen LogP contribution in [0.1, 0.15) is 11.1 Å². The van der Waals surface area contributed by atoms with E-state index in [2.05, 4.69) is 5.32 Å². The van der Waals surface area contributed by atoms with E-state index in [9.17, 15) is 31.1 Å². The number of halogens is 6. The van der Waals surface area contributed by atoms with Gasteiger partial charge in [-0.1, -0.05) is 6.07 Å². The number of carbonyl (C=O) groups excluding carboxylic acids is 1. The molecule has 2 rings (SSSR count). The smallest absolute Gasteiger partial charge is 0.334 e. The first-order valence-electron chi connectivity index (χ1n) is 6.53. The lowest BCUT2D eigenvalue weighted by atomic mass is 10.2. The fraction of sp³-hybridized carbons (Fsp3) is 0.133. The zero-order valence-corrected chi connectivity index (χ0v) is 11.8. The van der Waals surface area contributed by atoms with Crippen LogP contribution in [0.3, 0.4) is 0 Å². The standard InChI is InChI=1S/C15H10F6N2O/c16-9-4-5-11(17)8(6-9)7-22-14(24)23-12-3-1-2-10(13(12)18)15(19,20)21/h1-6H,7H2,(H2,22,23,24). The summed E-state index contributed by atoms with van der Waals surface area (Å²) in [6, 6.07) is 3.91. The van der Waals surface area contributed by atoms with E-state index in [1.165, 1.54) is 0 Å². The number of amides is 2. The number of nitrogens with one attached hydrogen (secondary N) is 2. The first kappa shape index (κ1) is 17.6. The normalized spacial score (nSPS) is 11.2. The molecule has 2 N–H and O–H groups in total. The van der Waals surface area contributed by atoms with E-state index in [0.29, 0.717) is 6.07 Å².